The van der Waals surface area contributed by atoms with Gasteiger partial charge < -0.3 is 4.74 Å². The van der Waals surface area contributed by atoms with E-state index >= 15 is 0 Å². The number of hydrazone groups is 1. The number of pyridine rings is 2. The number of benzene rings is 1. The van der Waals surface area contributed by atoms with Gasteiger partial charge in [-0.3, -0.25) is 9.78 Å². The zero-order chi connectivity index (χ0) is 16.1. The number of methoxy groups -OCH3 is 1. The Hall–Kier alpha value is -3.28. The second kappa shape index (κ2) is 6.65. The Morgan fingerprint density at radius 2 is 2.00 bits per heavy atom. The van der Waals surface area contributed by atoms with Crippen molar-refractivity contribution >= 4 is 23.0 Å². The van der Waals surface area contributed by atoms with Crippen LogP contribution in [0.1, 0.15) is 15.9 Å². The minimum Gasteiger partial charge on any atom is -0.481 e. The SMILES string of the molecule is COc1nc2ccccc2cc1/C=N\NC(=O)c1ccncc1. The standard InChI is InChI=1S/C17H14N4O2/c1-23-17-14(10-13-4-2-3-5-15(13)20-17)11-19-21-16(22)12-6-8-18-9-7-12/h2-11H,1H3,(H,21,22)/b19-11-. The largest absolute Gasteiger partial charge is 0.481 e. The van der Waals surface area contributed by atoms with Crippen molar-refractivity contribution in [1.29, 1.82) is 0 Å². The van der Waals surface area contributed by atoms with Crippen molar-refractivity contribution in [2.75, 3.05) is 7.11 Å². The average Bonchev–Trinajstić information content (AvgIpc) is 2.61. The van der Waals surface area contributed by atoms with Crippen LogP contribution in [-0.4, -0.2) is 29.2 Å². The molecule has 0 fully saturated rings. The van der Waals surface area contributed by atoms with Gasteiger partial charge in [-0.2, -0.15) is 5.10 Å². The number of hydrogen-bond acceptors (Lipinski definition) is 5. The summed E-state index contributed by atoms with van der Waals surface area (Å²) in [6.07, 6.45) is 4.61. The van der Waals surface area contributed by atoms with E-state index in [-0.39, 0.29) is 5.91 Å². The predicted octanol–water partition coefficient (Wildman–Crippen LogP) is 2.40. The second-order valence-electron chi connectivity index (χ2n) is 4.71. The fraction of sp³-hybridized carbons (Fsp3) is 0.0588. The van der Waals surface area contributed by atoms with Crippen molar-refractivity contribution in [3.8, 4) is 5.88 Å². The predicted molar refractivity (Wildman–Crippen MR) is 87.6 cm³/mol. The van der Waals surface area contributed by atoms with Crippen LogP contribution in [0.2, 0.25) is 0 Å². The van der Waals surface area contributed by atoms with Gasteiger partial charge in [0.05, 0.1) is 24.4 Å². The van der Waals surface area contributed by atoms with Crippen LogP contribution >= 0.6 is 0 Å². The number of amides is 1. The molecule has 0 spiro atoms. The smallest absolute Gasteiger partial charge is 0.271 e. The maximum Gasteiger partial charge on any atom is 0.271 e. The molecule has 1 amide bonds. The number of nitrogens with zero attached hydrogens (tertiary/aromatic N) is 3. The molecule has 2 heterocycles. The van der Waals surface area contributed by atoms with Gasteiger partial charge in [-0.1, -0.05) is 18.2 Å². The van der Waals surface area contributed by atoms with Crippen molar-refractivity contribution in [3.05, 3.63) is 66.0 Å². The van der Waals surface area contributed by atoms with Gasteiger partial charge in [0.25, 0.3) is 5.91 Å². The maximum absolute atomic E-state index is 11.9. The summed E-state index contributed by atoms with van der Waals surface area (Å²) in [7, 11) is 1.55. The van der Waals surface area contributed by atoms with Gasteiger partial charge in [0.1, 0.15) is 0 Å². The molecule has 0 radical (unpaired) electrons. The van der Waals surface area contributed by atoms with Crippen molar-refractivity contribution in [1.82, 2.24) is 15.4 Å². The molecule has 0 saturated carbocycles. The lowest BCUT2D eigenvalue weighted by Crippen LogP contribution is -2.17. The zero-order valence-electron chi connectivity index (χ0n) is 12.4. The molecule has 1 N–H and O–H groups in total. The molecular weight excluding hydrogens is 292 g/mol. The van der Waals surface area contributed by atoms with Crippen LogP contribution < -0.4 is 10.2 Å². The van der Waals surface area contributed by atoms with Crippen molar-refractivity contribution in [2.45, 2.75) is 0 Å². The van der Waals surface area contributed by atoms with Crippen LogP contribution in [0.25, 0.3) is 10.9 Å². The first-order valence-corrected chi connectivity index (χ1v) is 6.95. The molecule has 0 atom stereocenters. The van der Waals surface area contributed by atoms with Gasteiger partial charge in [-0.15, -0.1) is 0 Å². The average molecular weight is 306 g/mol. The van der Waals surface area contributed by atoms with Crippen LogP contribution in [0, 0.1) is 0 Å². The van der Waals surface area contributed by atoms with E-state index in [1.807, 2.05) is 30.3 Å². The number of rotatable bonds is 4. The summed E-state index contributed by atoms with van der Waals surface area (Å²) in [5, 5.41) is 4.94. The molecule has 3 rings (SSSR count). The number of aromatic nitrogens is 2. The molecule has 1 aromatic carbocycles. The van der Waals surface area contributed by atoms with E-state index in [4.69, 9.17) is 4.74 Å². The summed E-state index contributed by atoms with van der Waals surface area (Å²) in [5.74, 6) is 0.141. The van der Waals surface area contributed by atoms with Gasteiger partial charge in [0.2, 0.25) is 5.88 Å². The molecule has 114 valence electrons. The Morgan fingerprint density at radius 3 is 2.78 bits per heavy atom. The topological polar surface area (TPSA) is 76.5 Å². The molecule has 3 aromatic rings. The monoisotopic (exact) mass is 306 g/mol. The molecule has 23 heavy (non-hydrogen) atoms. The highest BCUT2D eigenvalue weighted by molar-refractivity contribution is 5.95. The lowest BCUT2D eigenvalue weighted by atomic mass is 10.1. The summed E-state index contributed by atoms with van der Waals surface area (Å²) in [6, 6.07) is 12.8. The third-order valence-corrected chi connectivity index (χ3v) is 3.22. The molecule has 6 nitrogen and oxygen atoms in total. The lowest BCUT2D eigenvalue weighted by molar-refractivity contribution is 0.0955. The van der Waals surface area contributed by atoms with Gasteiger partial charge in [0, 0.05) is 23.3 Å². The van der Waals surface area contributed by atoms with Crippen LogP contribution in [0.3, 0.4) is 0 Å². The number of ether oxygens (including phenoxy) is 1. The fourth-order valence-corrected chi connectivity index (χ4v) is 2.10. The van der Waals surface area contributed by atoms with E-state index in [1.165, 1.54) is 6.21 Å². The molecule has 0 unspecified atom stereocenters. The Labute approximate surface area is 132 Å². The highest BCUT2D eigenvalue weighted by Crippen LogP contribution is 2.20. The van der Waals surface area contributed by atoms with Gasteiger partial charge in [-0.05, 0) is 24.3 Å². The molecule has 0 aliphatic rings. The third-order valence-electron chi connectivity index (χ3n) is 3.22. The number of fused-ring (bicyclic) bond motifs is 1. The number of carbonyl (C=O) groups excluding carboxylic acids is 1. The van der Waals surface area contributed by atoms with Crippen molar-refractivity contribution < 1.29 is 9.53 Å². The van der Waals surface area contributed by atoms with Gasteiger partial charge in [0.15, 0.2) is 0 Å². The number of hydrogen-bond donors (Lipinski definition) is 1. The molecular formula is C17H14N4O2. The zero-order valence-corrected chi connectivity index (χ0v) is 12.4. The summed E-state index contributed by atoms with van der Waals surface area (Å²) in [4.78, 5) is 20.2. The van der Waals surface area contributed by atoms with E-state index in [9.17, 15) is 4.79 Å². The normalized spacial score (nSPS) is 10.8. The highest BCUT2D eigenvalue weighted by Gasteiger charge is 2.06. The third kappa shape index (κ3) is 3.32. The highest BCUT2D eigenvalue weighted by atomic mass is 16.5. The number of nitrogens with one attached hydrogen (secondary N) is 1. The minimum atomic E-state index is -0.309. The molecule has 0 bridgehead atoms. The van der Waals surface area contributed by atoms with Gasteiger partial charge in [-0.25, -0.2) is 10.4 Å². The molecule has 0 saturated heterocycles. The molecule has 2 aromatic heterocycles. The maximum atomic E-state index is 11.9. The first-order valence-electron chi connectivity index (χ1n) is 6.95. The van der Waals surface area contributed by atoms with Crippen LogP contribution in [-0.2, 0) is 0 Å². The van der Waals surface area contributed by atoms with E-state index in [1.54, 1.807) is 31.6 Å². The van der Waals surface area contributed by atoms with Crippen molar-refractivity contribution in [3.63, 3.8) is 0 Å². The fourth-order valence-electron chi connectivity index (χ4n) is 2.10. The summed E-state index contributed by atoms with van der Waals surface area (Å²) >= 11 is 0. The summed E-state index contributed by atoms with van der Waals surface area (Å²) in [5.41, 5.74) is 4.47. The van der Waals surface area contributed by atoms with E-state index in [2.05, 4.69) is 20.5 Å². The minimum absolute atomic E-state index is 0.309. The summed E-state index contributed by atoms with van der Waals surface area (Å²) in [6.45, 7) is 0. The quantitative estimate of drug-likeness (QED) is 0.593. The molecule has 0 aliphatic carbocycles. The van der Waals surface area contributed by atoms with Crippen LogP contribution in [0.5, 0.6) is 5.88 Å². The Bertz CT molecular complexity index is 863. The lowest BCUT2D eigenvalue weighted by Gasteiger charge is -2.05. The van der Waals surface area contributed by atoms with E-state index < -0.39 is 0 Å². The Balaban J connectivity index is 1.81. The molecule has 0 aliphatic heterocycles. The number of para-hydroxylation sites is 1. The summed E-state index contributed by atoms with van der Waals surface area (Å²) < 4.78 is 5.27. The Morgan fingerprint density at radius 1 is 1.22 bits per heavy atom. The van der Waals surface area contributed by atoms with Crippen LogP contribution in [0.15, 0.2) is 60.0 Å². The first-order chi connectivity index (χ1) is 11.3. The van der Waals surface area contributed by atoms with E-state index in [0.717, 1.165) is 10.9 Å². The Kier molecular flexibility index (Phi) is 4.24. The van der Waals surface area contributed by atoms with Crippen LogP contribution in [0.4, 0.5) is 0 Å². The van der Waals surface area contributed by atoms with Gasteiger partial charge >= 0.3 is 0 Å². The van der Waals surface area contributed by atoms with Crippen molar-refractivity contribution in [2.24, 2.45) is 5.10 Å². The second-order valence-corrected chi connectivity index (χ2v) is 4.71. The van der Waals surface area contributed by atoms with E-state index in [0.29, 0.717) is 17.0 Å². The molecule has 6 heteroatoms. The first kappa shape index (κ1) is 14.6. The number of carbonyl (C=O) groups is 1.